The Morgan fingerprint density at radius 3 is 2.20 bits per heavy atom. The maximum atomic E-state index is 12.1. The molecule has 1 saturated heterocycles. The number of amides is 2. The number of aliphatic hydroxyl groups excluding tert-OH is 2. The van der Waals surface area contributed by atoms with Crippen molar-refractivity contribution in [2.75, 3.05) is 13.6 Å². The van der Waals surface area contributed by atoms with E-state index >= 15 is 0 Å². The first-order chi connectivity index (χ1) is 21.3. The third kappa shape index (κ3) is 9.43. The Hall–Kier alpha value is -3.64. The Morgan fingerprint density at radius 2 is 1.55 bits per heavy atom. The van der Waals surface area contributed by atoms with Crippen LogP contribution in [0.3, 0.4) is 0 Å². The zero-order valence-electron chi connectivity index (χ0n) is 25.3. The normalized spacial score (nSPS) is 19.7. The number of carbonyl (C=O) groups excluding carboxylic acids is 2. The molecule has 5 N–H and O–H groups in total. The van der Waals surface area contributed by atoms with Gasteiger partial charge >= 0.3 is 0 Å². The van der Waals surface area contributed by atoms with Gasteiger partial charge in [0, 0.05) is 44.0 Å². The van der Waals surface area contributed by atoms with E-state index in [0.717, 1.165) is 27.8 Å². The van der Waals surface area contributed by atoms with Crippen molar-refractivity contribution in [3.05, 3.63) is 107 Å². The molecule has 10 nitrogen and oxygen atoms in total. The number of nitrogens with zero attached hydrogens (tertiary/aromatic N) is 1. The molecule has 3 aromatic rings. The molecule has 1 heterocycles. The summed E-state index contributed by atoms with van der Waals surface area (Å²) in [5.41, 5.74) is 6.00. The Kier molecular flexibility index (Phi) is 12.4. The van der Waals surface area contributed by atoms with Crippen LogP contribution < -0.4 is 10.8 Å². The van der Waals surface area contributed by atoms with Gasteiger partial charge in [-0.1, -0.05) is 78.9 Å². The monoisotopic (exact) mass is 605 g/mol. The Bertz CT molecular complexity index is 1320. The standard InChI is InChI=1S/C34H43N3O7/c1-23(33(41)27-7-4-3-5-8-27)37(2)21-29-19-30(26-15-13-25(22-38)14-16-26)44-34(43-29)28-17-11-24(12-18-28)20-35-31(39)9-6-10-32(40)36-42/h3-5,7-8,11-18,23,29-30,33-34,38,41-42H,6,9-10,19-22H2,1-2H3,(H,35,39)(H,36,40)/t23-,29+,30-,33-,34-/m1/s1. The average Bonchev–Trinajstić information content (AvgIpc) is 3.07. The van der Waals surface area contributed by atoms with Gasteiger partial charge in [-0.25, -0.2) is 5.48 Å². The van der Waals surface area contributed by atoms with Crippen LogP contribution in [0.15, 0.2) is 78.9 Å². The number of rotatable bonds is 14. The molecule has 0 radical (unpaired) electrons. The summed E-state index contributed by atoms with van der Waals surface area (Å²) < 4.78 is 12.9. The number of carbonyl (C=O) groups is 2. The van der Waals surface area contributed by atoms with Crippen molar-refractivity contribution in [3.8, 4) is 0 Å². The summed E-state index contributed by atoms with van der Waals surface area (Å²) in [7, 11) is 1.99. The molecule has 1 fully saturated rings. The first kappa shape index (κ1) is 33.3. The molecule has 0 saturated carbocycles. The first-order valence-electron chi connectivity index (χ1n) is 15.0. The van der Waals surface area contributed by atoms with Crippen molar-refractivity contribution in [2.45, 2.75) is 76.4 Å². The SMILES string of the molecule is C[C@H]([C@@H](O)c1ccccc1)N(C)C[C@@H]1C[C@H](c2ccc(CO)cc2)O[C@H](c2ccc(CNC(=O)CCCC(=O)NO)cc2)O1. The molecule has 1 aliphatic rings. The van der Waals surface area contributed by atoms with E-state index in [1.54, 1.807) is 5.48 Å². The van der Waals surface area contributed by atoms with Crippen molar-refractivity contribution < 1.29 is 34.5 Å². The van der Waals surface area contributed by atoms with Gasteiger partial charge in [-0.3, -0.25) is 19.7 Å². The summed E-state index contributed by atoms with van der Waals surface area (Å²) in [5, 5.41) is 31.9. The average molecular weight is 606 g/mol. The second kappa shape index (κ2) is 16.4. The lowest BCUT2D eigenvalue weighted by Gasteiger charge is -2.39. The van der Waals surface area contributed by atoms with Crippen LogP contribution in [-0.2, 0) is 32.2 Å². The van der Waals surface area contributed by atoms with Gasteiger partial charge in [0.05, 0.1) is 24.9 Å². The van der Waals surface area contributed by atoms with Crippen LogP contribution in [0.1, 0.15) is 78.9 Å². The molecule has 0 aliphatic carbocycles. The summed E-state index contributed by atoms with van der Waals surface area (Å²) in [6.45, 7) is 2.90. The summed E-state index contributed by atoms with van der Waals surface area (Å²) in [6.07, 6.45) is -0.454. The number of hydrogen-bond acceptors (Lipinski definition) is 8. The highest BCUT2D eigenvalue weighted by Crippen LogP contribution is 2.38. The van der Waals surface area contributed by atoms with Crippen LogP contribution in [0.5, 0.6) is 0 Å². The van der Waals surface area contributed by atoms with E-state index in [1.807, 2.05) is 92.8 Å². The minimum Gasteiger partial charge on any atom is -0.392 e. The third-order valence-corrected chi connectivity index (χ3v) is 8.07. The molecule has 0 spiro atoms. The largest absolute Gasteiger partial charge is 0.392 e. The molecule has 3 aromatic carbocycles. The number of likely N-dealkylation sites (N-methyl/N-ethyl adjacent to an activating group) is 1. The molecule has 10 heteroatoms. The molecule has 44 heavy (non-hydrogen) atoms. The minimum atomic E-state index is -0.647. The van der Waals surface area contributed by atoms with Gasteiger partial charge in [0.2, 0.25) is 11.8 Å². The number of aliphatic hydroxyl groups is 2. The molecule has 2 amide bonds. The fourth-order valence-corrected chi connectivity index (χ4v) is 5.24. The van der Waals surface area contributed by atoms with Gasteiger partial charge in [0.15, 0.2) is 6.29 Å². The van der Waals surface area contributed by atoms with Crippen molar-refractivity contribution >= 4 is 11.8 Å². The highest BCUT2D eigenvalue weighted by atomic mass is 16.7. The maximum absolute atomic E-state index is 12.1. The molecule has 0 aromatic heterocycles. The summed E-state index contributed by atoms with van der Waals surface area (Å²) in [5.74, 6) is -0.689. The number of nitrogens with one attached hydrogen (secondary N) is 2. The van der Waals surface area contributed by atoms with Gasteiger partial charge in [-0.05, 0) is 42.6 Å². The van der Waals surface area contributed by atoms with E-state index < -0.39 is 18.3 Å². The Balaban J connectivity index is 1.42. The van der Waals surface area contributed by atoms with E-state index in [1.165, 1.54) is 0 Å². The van der Waals surface area contributed by atoms with Gasteiger partial charge in [-0.15, -0.1) is 0 Å². The molecule has 4 rings (SSSR count). The van der Waals surface area contributed by atoms with Gasteiger partial charge in [-0.2, -0.15) is 0 Å². The molecule has 1 aliphatic heterocycles. The third-order valence-electron chi connectivity index (χ3n) is 8.07. The smallest absolute Gasteiger partial charge is 0.243 e. The molecular weight excluding hydrogens is 562 g/mol. The predicted molar refractivity (Wildman–Crippen MR) is 164 cm³/mol. The highest BCUT2D eigenvalue weighted by molar-refractivity contribution is 5.78. The Morgan fingerprint density at radius 1 is 0.909 bits per heavy atom. The lowest BCUT2D eigenvalue weighted by atomic mass is 9.98. The lowest BCUT2D eigenvalue weighted by Crippen LogP contribution is -2.43. The van der Waals surface area contributed by atoms with Crippen LogP contribution in [0.2, 0.25) is 0 Å². The number of hydrogen-bond donors (Lipinski definition) is 5. The van der Waals surface area contributed by atoms with Crippen molar-refractivity contribution in [1.82, 2.24) is 15.7 Å². The van der Waals surface area contributed by atoms with Crippen molar-refractivity contribution in [3.63, 3.8) is 0 Å². The van der Waals surface area contributed by atoms with Gasteiger partial charge in [0.25, 0.3) is 0 Å². The van der Waals surface area contributed by atoms with E-state index in [9.17, 15) is 19.8 Å². The lowest BCUT2D eigenvalue weighted by molar-refractivity contribution is -0.253. The van der Waals surface area contributed by atoms with Gasteiger partial charge < -0.3 is 25.0 Å². The zero-order chi connectivity index (χ0) is 31.5. The van der Waals surface area contributed by atoms with Gasteiger partial charge in [0.1, 0.15) is 0 Å². The fourth-order valence-electron chi connectivity index (χ4n) is 5.24. The second-order valence-electron chi connectivity index (χ2n) is 11.3. The zero-order valence-corrected chi connectivity index (χ0v) is 25.3. The van der Waals surface area contributed by atoms with Crippen LogP contribution >= 0.6 is 0 Å². The topological polar surface area (TPSA) is 141 Å². The summed E-state index contributed by atoms with van der Waals surface area (Å²) in [4.78, 5) is 25.3. The van der Waals surface area contributed by atoms with E-state index in [4.69, 9.17) is 14.7 Å². The van der Waals surface area contributed by atoms with Crippen LogP contribution in [0.4, 0.5) is 0 Å². The van der Waals surface area contributed by atoms with Crippen molar-refractivity contribution in [1.29, 1.82) is 0 Å². The van der Waals surface area contributed by atoms with E-state index in [2.05, 4.69) is 10.2 Å². The quantitative estimate of drug-likeness (QED) is 0.137. The summed E-state index contributed by atoms with van der Waals surface area (Å²) >= 11 is 0. The Labute approximate surface area is 258 Å². The van der Waals surface area contributed by atoms with Crippen LogP contribution in [-0.4, -0.2) is 57.9 Å². The molecule has 5 atom stereocenters. The minimum absolute atomic E-state index is 0.0275. The first-order valence-corrected chi connectivity index (χ1v) is 15.0. The highest BCUT2D eigenvalue weighted by Gasteiger charge is 2.34. The maximum Gasteiger partial charge on any atom is 0.243 e. The molecule has 0 unspecified atom stereocenters. The molecular formula is C34H43N3O7. The van der Waals surface area contributed by atoms with Crippen LogP contribution in [0, 0.1) is 0 Å². The predicted octanol–water partition coefficient (Wildman–Crippen LogP) is 4.07. The van der Waals surface area contributed by atoms with Crippen molar-refractivity contribution in [2.24, 2.45) is 0 Å². The second-order valence-corrected chi connectivity index (χ2v) is 11.3. The number of hydroxylamine groups is 1. The van der Waals surface area contributed by atoms with Crippen LogP contribution in [0.25, 0.3) is 0 Å². The number of benzene rings is 3. The molecule has 0 bridgehead atoms. The summed E-state index contributed by atoms with van der Waals surface area (Å²) in [6, 6.07) is 24.9. The van der Waals surface area contributed by atoms with E-state index in [0.29, 0.717) is 25.9 Å². The number of ether oxygens (including phenoxy) is 2. The van der Waals surface area contributed by atoms with E-state index in [-0.39, 0.29) is 43.6 Å². The molecule has 236 valence electrons. The fraction of sp³-hybridized carbons (Fsp3) is 0.412.